The largest absolute Gasteiger partial charge is 0.492 e. The summed E-state index contributed by atoms with van der Waals surface area (Å²) in [6.07, 6.45) is 0.853. The molecule has 0 amide bonds. The molecule has 100 valence electrons. The second kappa shape index (κ2) is 7.18. The maximum atomic E-state index is 10.5. The van der Waals surface area contributed by atoms with Gasteiger partial charge in [0.25, 0.3) is 5.69 Å². The van der Waals surface area contributed by atoms with Crippen LogP contribution in [0.2, 0.25) is 5.02 Å². The fourth-order valence-corrected chi connectivity index (χ4v) is 1.59. The first-order chi connectivity index (χ1) is 8.50. The Bertz CT molecular complexity index is 410. The van der Waals surface area contributed by atoms with Gasteiger partial charge in [-0.15, -0.1) is 0 Å². The van der Waals surface area contributed by atoms with Crippen LogP contribution in [0.3, 0.4) is 0 Å². The van der Waals surface area contributed by atoms with Crippen molar-refractivity contribution in [2.75, 3.05) is 13.2 Å². The normalized spacial score (nSPS) is 10.7. The quantitative estimate of drug-likeness (QED) is 0.471. The molecule has 0 heterocycles. The number of halogens is 1. The number of nitrogens with zero attached hydrogens (tertiary/aromatic N) is 1. The highest BCUT2D eigenvalue weighted by molar-refractivity contribution is 6.32. The first kappa shape index (κ1) is 14.7. The molecule has 0 spiro atoms. The van der Waals surface area contributed by atoms with Crippen molar-refractivity contribution < 1.29 is 9.66 Å². The second-order valence-electron chi connectivity index (χ2n) is 4.18. The van der Waals surface area contributed by atoms with E-state index in [4.69, 9.17) is 16.3 Å². The van der Waals surface area contributed by atoms with Crippen LogP contribution in [0.25, 0.3) is 0 Å². The molecule has 0 saturated carbocycles. The highest BCUT2D eigenvalue weighted by Crippen LogP contribution is 2.28. The fourth-order valence-electron chi connectivity index (χ4n) is 1.37. The predicted octanol–water partition coefficient (Wildman–Crippen LogP) is 3.02. The molecule has 0 aliphatic rings. The third-order valence-electron chi connectivity index (χ3n) is 2.26. The maximum absolute atomic E-state index is 10.5. The molecule has 0 saturated heterocycles. The van der Waals surface area contributed by atoms with E-state index in [1.54, 1.807) is 0 Å². The predicted molar refractivity (Wildman–Crippen MR) is 71.4 cm³/mol. The topological polar surface area (TPSA) is 64.4 Å². The lowest BCUT2D eigenvalue weighted by molar-refractivity contribution is -0.384. The summed E-state index contributed by atoms with van der Waals surface area (Å²) in [6.45, 7) is 5.54. The van der Waals surface area contributed by atoms with Crippen molar-refractivity contribution in [1.82, 2.24) is 5.32 Å². The molecular formula is C12H17ClN2O3. The van der Waals surface area contributed by atoms with Crippen molar-refractivity contribution in [3.8, 4) is 5.75 Å². The van der Waals surface area contributed by atoms with Gasteiger partial charge in [0.15, 0.2) is 0 Å². The second-order valence-corrected chi connectivity index (χ2v) is 4.59. The number of hydrogen-bond acceptors (Lipinski definition) is 4. The number of hydrogen-bond donors (Lipinski definition) is 1. The van der Waals surface area contributed by atoms with Gasteiger partial charge in [0.05, 0.1) is 16.6 Å². The van der Waals surface area contributed by atoms with Crippen LogP contribution in [0, 0.1) is 10.1 Å². The molecule has 0 fully saturated rings. The van der Waals surface area contributed by atoms with Gasteiger partial charge >= 0.3 is 0 Å². The standard InChI is InChI=1S/C12H17ClN2O3/c1-9(2)14-6-3-7-18-12-5-4-10(15(16)17)8-11(12)13/h4-5,8-9,14H,3,6-7H2,1-2H3. The van der Waals surface area contributed by atoms with Crippen LogP contribution < -0.4 is 10.1 Å². The van der Waals surface area contributed by atoms with Gasteiger partial charge in [0.1, 0.15) is 5.75 Å². The summed E-state index contributed by atoms with van der Waals surface area (Å²) in [5.74, 6) is 0.479. The lowest BCUT2D eigenvalue weighted by Gasteiger charge is -2.10. The number of nitro benzene ring substituents is 1. The summed E-state index contributed by atoms with van der Waals surface area (Å²) in [5, 5.41) is 14.1. The molecule has 1 rings (SSSR count). The van der Waals surface area contributed by atoms with E-state index in [1.807, 2.05) is 0 Å². The zero-order valence-corrected chi connectivity index (χ0v) is 11.2. The van der Waals surface area contributed by atoms with Gasteiger partial charge in [-0.3, -0.25) is 10.1 Å². The van der Waals surface area contributed by atoms with Crippen LogP contribution in [0.5, 0.6) is 5.75 Å². The summed E-state index contributed by atoms with van der Waals surface area (Å²) in [7, 11) is 0. The van der Waals surface area contributed by atoms with Gasteiger partial charge in [0, 0.05) is 18.2 Å². The van der Waals surface area contributed by atoms with Crippen LogP contribution in [-0.4, -0.2) is 24.1 Å². The van der Waals surface area contributed by atoms with Gasteiger partial charge in [-0.25, -0.2) is 0 Å². The average Bonchev–Trinajstić information content (AvgIpc) is 2.29. The zero-order chi connectivity index (χ0) is 13.5. The van der Waals surface area contributed by atoms with Gasteiger partial charge in [-0.05, 0) is 19.0 Å². The van der Waals surface area contributed by atoms with E-state index in [0.717, 1.165) is 13.0 Å². The molecule has 0 atom stereocenters. The van der Waals surface area contributed by atoms with E-state index in [-0.39, 0.29) is 10.7 Å². The lowest BCUT2D eigenvalue weighted by Crippen LogP contribution is -2.24. The van der Waals surface area contributed by atoms with Crippen LogP contribution in [0.1, 0.15) is 20.3 Å². The lowest BCUT2D eigenvalue weighted by atomic mass is 10.3. The Kier molecular flexibility index (Phi) is 5.88. The third-order valence-corrected chi connectivity index (χ3v) is 2.55. The Hall–Kier alpha value is -1.33. The smallest absolute Gasteiger partial charge is 0.271 e. The number of non-ortho nitro benzene ring substituents is 1. The summed E-state index contributed by atoms with van der Waals surface area (Å²) >= 11 is 5.89. The SMILES string of the molecule is CC(C)NCCCOc1ccc([N+](=O)[O-])cc1Cl. The Morgan fingerprint density at radius 3 is 2.78 bits per heavy atom. The highest BCUT2D eigenvalue weighted by Gasteiger charge is 2.09. The van der Waals surface area contributed by atoms with E-state index in [9.17, 15) is 10.1 Å². The summed E-state index contributed by atoms with van der Waals surface area (Å²) in [5.41, 5.74) is -0.0335. The molecule has 0 aliphatic heterocycles. The van der Waals surface area contributed by atoms with Crippen LogP contribution >= 0.6 is 11.6 Å². The number of benzene rings is 1. The Morgan fingerprint density at radius 2 is 2.22 bits per heavy atom. The maximum Gasteiger partial charge on any atom is 0.271 e. The highest BCUT2D eigenvalue weighted by atomic mass is 35.5. The summed E-state index contributed by atoms with van der Waals surface area (Å²) in [4.78, 5) is 10.0. The van der Waals surface area contributed by atoms with Crippen LogP contribution in [0.15, 0.2) is 18.2 Å². The molecule has 0 radical (unpaired) electrons. The van der Waals surface area contributed by atoms with Crippen molar-refractivity contribution in [2.24, 2.45) is 0 Å². The van der Waals surface area contributed by atoms with Gasteiger partial charge in [-0.1, -0.05) is 25.4 Å². The third kappa shape index (κ3) is 4.89. The van der Waals surface area contributed by atoms with Crippen molar-refractivity contribution in [3.63, 3.8) is 0 Å². The monoisotopic (exact) mass is 272 g/mol. The van der Waals surface area contributed by atoms with Crippen molar-refractivity contribution in [1.29, 1.82) is 0 Å². The summed E-state index contributed by atoms with van der Waals surface area (Å²) in [6, 6.07) is 4.65. The molecule has 6 heteroatoms. The van der Waals surface area contributed by atoms with Crippen molar-refractivity contribution in [3.05, 3.63) is 33.3 Å². The molecule has 18 heavy (non-hydrogen) atoms. The molecule has 0 bridgehead atoms. The van der Waals surface area contributed by atoms with E-state index in [0.29, 0.717) is 18.4 Å². The van der Waals surface area contributed by atoms with Crippen molar-refractivity contribution in [2.45, 2.75) is 26.3 Å². The van der Waals surface area contributed by atoms with E-state index in [1.165, 1.54) is 18.2 Å². The molecule has 0 unspecified atom stereocenters. The first-order valence-electron chi connectivity index (χ1n) is 5.81. The van der Waals surface area contributed by atoms with Gasteiger partial charge in [0.2, 0.25) is 0 Å². The minimum Gasteiger partial charge on any atom is -0.492 e. The molecule has 1 aromatic rings. The first-order valence-corrected chi connectivity index (χ1v) is 6.18. The van der Waals surface area contributed by atoms with Crippen molar-refractivity contribution >= 4 is 17.3 Å². The van der Waals surface area contributed by atoms with E-state index < -0.39 is 4.92 Å². The molecule has 1 aromatic carbocycles. The van der Waals surface area contributed by atoms with E-state index >= 15 is 0 Å². The molecular weight excluding hydrogens is 256 g/mol. The molecule has 0 aliphatic carbocycles. The number of rotatable bonds is 7. The summed E-state index contributed by atoms with van der Waals surface area (Å²) < 4.78 is 5.46. The fraction of sp³-hybridized carbons (Fsp3) is 0.500. The zero-order valence-electron chi connectivity index (χ0n) is 10.5. The molecule has 5 nitrogen and oxygen atoms in total. The Labute approximate surface area is 111 Å². The van der Waals surface area contributed by atoms with Gasteiger partial charge < -0.3 is 10.1 Å². The average molecular weight is 273 g/mol. The minimum atomic E-state index is -0.484. The molecule has 0 aromatic heterocycles. The van der Waals surface area contributed by atoms with Crippen LogP contribution in [0.4, 0.5) is 5.69 Å². The van der Waals surface area contributed by atoms with Gasteiger partial charge in [-0.2, -0.15) is 0 Å². The van der Waals surface area contributed by atoms with Crippen LogP contribution in [-0.2, 0) is 0 Å². The molecule has 1 N–H and O–H groups in total. The number of nitro groups is 1. The number of ether oxygens (including phenoxy) is 1. The minimum absolute atomic E-state index is 0.0335. The van der Waals surface area contributed by atoms with E-state index in [2.05, 4.69) is 19.2 Å². The Balaban J connectivity index is 2.41. The Morgan fingerprint density at radius 1 is 1.50 bits per heavy atom. The number of nitrogens with one attached hydrogen (secondary N) is 1.